The lowest BCUT2D eigenvalue weighted by molar-refractivity contribution is 0.0691. The summed E-state index contributed by atoms with van der Waals surface area (Å²) in [4.78, 5) is 92.4. The first-order valence-corrected chi connectivity index (χ1v) is 32.1. The van der Waals surface area contributed by atoms with Crippen LogP contribution in [0.5, 0.6) is 0 Å². The molecule has 3 aliphatic rings. The van der Waals surface area contributed by atoms with E-state index in [0.29, 0.717) is 115 Å². The number of fused-ring (bicyclic) bond motifs is 3. The highest BCUT2D eigenvalue weighted by Gasteiger charge is 2.32. The molecule has 11 heterocycles. The van der Waals surface area contributed by atoms with Gasteiger partial charge in [-0.1, -0.05) is 12.8 Å². The Morgan fingerprint density at radius 1 is 0.505 bits per heavy atom. The van der Waals surface area contributed by atoms with Crippen molar-refractivity contribution in [3.8, 4) is 0 Å². The first-order chi connectivity index (χ1) is 43.7. The van der Waals surface area contributed by atoms with Gasteiger partial charge in [-0.25, -0.2) is 47.9 Å². The zero-order valence-corrected chi connectivity index (χ0v) is 54.3. The van der Waals surface area contributed by atoms with Crippen molar-refractivity contribution in [3.63, 3.8) is 0 Å². The Bertz CT molecular complexity index is 3820. The van der Waals surface area contributed by atoms with Crippen LogP contribution in [-0.2, 0) is 14.2 Å². The smallest absolute Gasteiger partial charge is 0.356 e. The second-order valence-electron chi connectivity index (χ2n) is 22.4. The quantitative estimate of drug-likeness (QED) is 0.0620. The van der Waals surface area contributed by atoms with E-state index in [4.69, 9.17) is 14.2 Å². The summed E-state index contributed by atoms with van der Waals surface area (Å²) in [6.45, 7) is 15.9. The molecule has 0 bridgehead atoms. The lowest BCUT2D eigenvalue weighted by Crippen LogP contribution is -2.30. The predicted octanol–water partition coefficient (Wildman–Crippen LogP) is 11.0. The summed E-state index contributed by atoms with van der Waals surface area (Å²) in [5.41, 5.74) is 3.78. The molecule has 0 radical (unpaired) electrons. The summed E-state index contributed by atoms with van der Waals surface area (Å²) in [7, 11) is 5.13. The second kappa shape index (κ2) is 31.2. The van der Waals surface area contributed by atoms with Gasteiger partial charge in [0.15, 0.2) is 34.0 Å². The van der Waals surface area contributed by atoms with E-state index in [1.165, 1.54) is 84.1 Å². The number of rotatable bonds is 18. The van der Waals surface area contributed by atoms with Crippen LogP contribution < -0.4 is 16.0 Å². The van der Waals surface area contributed by atoms with E-state index in [1.807, 2.05) is 37.5 Å². The summed E-state index contributed by atoms with van der Waals surface area (Å²) < 4.78 is 57.6. The number of pyridine rings is 3. The summed E-state index contributed by atoms with van der Waals surface area (Å²) in [5, 5.41) is 20.9. The molecule has 0 unspecified atom stereocenters. The van der Waals surface area contributed by atoms with Gasteiger partial charge in [0.25, 0.3) is 11.8 Å². The Morgan fingerprint density at radius 3 is 1.16 bits per heavy atom. The van der Waals surface area contributed by atoms with E-state index >= 15 is 0 Å². The van der Waals surface area contributed by atoms with E-state index in [0.717, 1.165) is 54.0 Å². The zero-order valence-electron chi connectivity index (χ0n) is 51.9. The molecule has 1 aliphatic carbocycles. The predicted molar refractivity (Wildman–Crippen MR) is 341 cm³/mol. The maximum atomic E-state index is 13.5. The Labute approximate surface area is 535 Å². The van der Waals surface area contributed by atoms with Crippen molar-refractivity contribution in [1.29, 1.82) is 0 Å². The summed E-state index contributed by atoms with van der Waals surface area (Å²) in [6.07, 6.45) is 15.6. The van der Waals surface area contributed by atoms with Gasteiger partial charge in [0.2, 0.25) is 17.8 Å². The molecule has 9 aromatic rings. The van der Waals surface area contributed by atoms with Gasteiger partial charge in [-0.05, 0) is 108 Å². The molecule has 24 nitrogen and oxygen atoms in total. The largest absolute Gasteiger partial charge is 0.476 e. The van der Waals surface area contributed by atoms with Crippen LogP contribution in [0.4, 0.5) is 31.0 Å². The molecule has 2 amide bonds. The number of methoxy groups -OCH3 is 3. The standard InChI is InChI=1S/2C20H23FN6O2S.C14H12FN5O2S.C7H14O/c2*1-11(14-6-15(21)8-22-7-14)23-20-25-16(17-18(26-20)24-12(2)30-17)19(28)27-5-4-13(9-27)10-29-3;1-6(8-3-9(15)5-16-4-8)17-14-19-10(13(21)22)11-12(20-14)18-7(2)23-11;1-8-6-7-4-2-3-5-7/h2*6-8,11,13H,4-5,9-10H2,1-3H3,(H,23,25,26);3-6H,1-2H3,(H,21,22)(H,17,19,20);7H,2-6H2,1H3/t2*11-,13-;6-;/m000./s1. The molecule has 0 spiro atoms. The van der Waals surface area contributed by atoms with Gasteiger partial charge in [0, 0.05) is 84.5 Å². The number of likely N-dealkylation sites (tertiary alicyclic amines) is 2. The molecule has 1 saturated carbocycles. The van der Waals surface area contributed by atoms with Gasteiger partial charge in [-0.3, -0.25) is 24.5 Å². The van der Waals surface area contributed by atoms with E-state index < -0.39 is 23.4 Å². The maximum absolute atomic E-state index is 13.5. The van der Waals surface area contributed by atoms with Crippen LogP contribution in [0.15, 0.2) is 55.4 Å². The van der Waals surface area contributed by atoms with Crippen molar-refractivity contribution in [2.45, 2.75) is 98.2 Å². The lowest BCUT2D eigenvalue weighted by atomic mass is 10.1. The third-order valence-electron chi connectivity index (χ3n) is 15.2. The minimum absolute atomic E-state index is 0.104. The van der Waals surface area contributed by atoms with Crippen molar-refractivity contribution in [2.24, 2.45) is 17.8 Å². The number of hydrogen-bond donors (Lipinski definition) is 4. The number of aromatic carboxylic acids is 1. The number of carboxylic acids is 1. The molecule has 2 aliphatic heterocycles. The fourth-order valence-corrected chi connectivity index (χ4v) is 13.2. The van der Waals surface area contributed by atoms with Crippen LogP contribution in [-0.4, -0.2) is 160 Å². The number of thiazole rings is 3. The highest BCUT2D eigenvalue weighted by molar-refractivity contribution is 7.19. The fourth-order valence-electron chi connectivity index (χ4n) is 10.7. The monoisotopic (exact) mass is 1310 g/mol. The molecule has 5 atom stereocenters. The number of anilines is 3. The number of carbonyl (C=O) groups is 3. The van der Waals surface area contributed by atoms with Gasteiger partial charge in [-0.2, -0.15) is 15.0 Å². The molecule has 30 heteroatoms. The second-order valence-corrected chi connectivity index (χ2v) is 26.0. The fraction of sp³-hybridized carbons (Fsp3) is 0.459. The highest BCUT2D eigenvalue weighted by Crippen LogP contribution is 2.32. The molecule has 91 heavy (non-hydrogen) atoms. The number of halogens is 3. The van der Waals surface area contributed by atoms with Crippen LogP contribution in [0.3, 0.4) is 0 Å². The molecule has 12 rings (SSSR count). The van der Waals surface area contributed by atoms with E-state index in [-0.39, 0.29) is 53.5 Å². The van der Waals surface area contributed by atoms with Gasteiger partial charge in [-0.15, -0.1) is 34.0 Å². The maximum Gasteiger partial charge on any atom is 0.356 e. The molecule has 0 aromatic carbocycles. The first-order valence-electron chi connectivity index (χ1n) is 29.6. The highest BCUT2D eigenvalue weighted by atomic mass is 32.1. The Hall–Kier alpha value is -8.16. The third-order valence-corrected chi connectivity index (χ3v) is 18.1. The van der Waals surface area contributed by atoms with Gasteiger partial charge < -0.3 is 45.1 Å². The van der Waals surface area contributed by atoms with Crippen LogP contribution in [0.25, 0.3) is 31.0 Å². The average Bonchev–Trinajstić information content (AvgIpc) is 2.37. The summed E-state index contributed by atoms with van der Waals surface area (Å²) in [6, 6.07) is 3.20. The molecule has 9 aromatic heterocycles. The Balaban J connectivity index is 0.000000153. The van der Waals surface area contributed by atoms with Gasteiger partial charge in [0.1, 0.15) is 31.6 Å². The molecule has 2 saturated heterocycles. The summed E-state index contributed by atoms with van der Waals surface area (Å²) in [5.74, 6) is -0.460. The van der Waals surface area contributed by atoms with Crippen LogP contribution in [0.2, 0.25) is 0 Å². The topological polar surface area (TPSA) is 296 Å². The molecular formula is C61H72F3N17O7S3. The third kappa shape index (κ3) is 17.7. The SMILES string of the molecule is COCC1CCCC1.COC[C@H]1CCN(C(=O)c2nc(N[C@@H](C)c3cncc(F)c3)nc3nc(C)sc23)C1.COC[C@H]1CCN(C(=O)c2nc(N[C@@H](C)c3cncc(F)c3)nc3nc(C)sc23)C1.Cc1nc2nc(N[C@@H](C)c3cncc(F)c3)nc(C(=O)O)c2s1. The summed E-state index contributed by atoms with van der Waals surface area (Å²) >= 11 is 4.04. The van der Waals surface area contributed by atoms with Crippen molar-refractivity contribution in [2.75, 3.05) is 83.3 Å². The number of nitrogens with one attached hydrogen (secondary N) is 3. The van der Waals surface area contributed by atoms with E-state index in [9.17, 15) is 32.7 Å². The molecule has 482 valence electrons. The van der Waals surface area contributed by atoms with Crippen LogP contribution in [0, 0.1) is 56.0 Å². The number of aromatic nitrogens is 12. The van der Waals surface area contributed by atoms with Crippen molar-refractivity contribution in [1.82, 2.24) is 69.6 Å². The van der Waals surface area contributed by atoms with Crippen LogP contribution in [0.1, 0.15) is 141 Å². The lowest BCUT2D eigenvalue weighted by Gasteiger charge is -2.18. The minimum Gasteiger partial charge on any atom is -0.476 e. The number of carboxylic acid groups (broad SMARTS) is 1. The number of amides is 2. The molecular weight excluding hydrogens is 1240 g/mol. The minimum atomic E-state index is -1.15. The van der Waals surface area contributed by atoms with E-state index in [2.05, 4.69) is 75.8 Å². The normalized spacial score (nSPS) is 16.6. The average molecular weight is 1310 g/mol. The van der Waals surface area contributed by atoms with Crippen molar-refractivity contribution < 1.29 is 46.9 Å². The molecule has 3 fully saturated rings. The van der Waals surface area contributed by atoms with Crippen molar-refractivity contribution in [3.05, 3.63) is 122 Å². The van der Waals surface area contributed by atoms with Gasteiger partial charge >= 0.3 is 5.97 Å². The number of carbonyl (C=O) groups excluding carboxylic acids is 2. The number of aryl methyl sites for hydroxylation is 3. The molecule has 4 N–H and O–H groups in total. The zero-order chi connectivity index (χ0) is 64.9. The number of nitrogens with zero attached hydrogens (tertiary/aromatic N) is 14. The first kappa shape index (κ1) is 67.2. The Kier molecular flexibility index (Phi) is 23.1. The number of hydrogen-bond acceptors (Lipinski definition) is 24. The van der Waals surface area contributed by atoms with Gasteiger partial charge in [0.05, 0.1) is 65.0 Å². The van der Waals surface area contributed by atoms with E-state index in [1.54, 1.807) is 47.6 Å². The van der Waals surface area contributed by atoms with Crippen LogP contribution >= 0.6 is 34.0 Å². The number of ether oxygens (including phenoxy) is 3. The van der Waals surface area contributed by atoms with Crippen molar-refractivity contribution >= 4 is 101 Å². The Morgan fingerprint density at radius 2 is 0.835 bits per heavy atom.